The van der Waals surface area contributed by atoms with Gasteiger partial charge in [0.05, 0.1) is 0 Å². The SMILES string of the molecule is C#N.CCN1CCCC(NOCC(=O)O)C1. The maximum absolute atomic E-state index is 10.2. The average Bonchev–Trinajstić information content (AvgIpc) is 2.31. The van der Waals surface area contributed by atoms with Gasteiger partial charge in [-0.25, -0.2) is 10.1 Å². The molecule has 1 atom stereocenters. The Morgan fingerprint density at radius 2 is 2.38 bits per heavy atom. The summed E-state index contributed by atoms with van der Waals surface area (Å²) in [5.41, 5.74) is 2.79. The topological polar surface area (TPSA) is 85.6 Å². The number of nitriles is 1. The number of nitrogens with one attached hydrogen (secondary N) is 1. The van der Waals surface area contributed by atoms with Gasteiger partial charge in [-0.2, -0.15) is 5.48 Å². The summed E-state index contributed by atoms with van der Waals surface area (Å²) in [6.07, 6.45) is 2.19. The molecule has 6 nitrogen and oxygen atoms in total. The van der Waals surface area contributed by atoms with Gasteiger partial charge in [-0.3, -0.25) is 4.84 Å². The first-order valence-electron chi connectivity index (χ1n) is 5.29. The Kier molecular flexibility index (Phi) is 8.43. The van der Waals surface area contributed by atoms with Crippen LogP contribution in [0.5, 0.6) is 0 Å². The highest BCUT2D eigenvalue weighted by Crippen LogP contribution is 2.09. The largest absolute Gasteiger partial charge is 0.479 e. The number of carbonyl (C=O) groups is 1. The summed E-state index contributed by atoms with van der Waals surface area (Å²) >= 11 is 0. The van der Waals surface area contributed by atoms with Crippen LogP contribution in [0.1, 0.15) is 19.8 Å². The van der Waals surface area contributed by atoms with E-state index >= 15 is 0 Å². The van der Waals surface area contributed by atoms with Gasteiger partial charge in [-0.1, -0.05) is 6.92 Å². The molecule has 0 amide bonds. The molecule has 0 aliphatic carbocycles. The second-order valence-electron chi connectivity index (χ2n) is 3.53. The van der Waals surface area contributed by atoms with E-state index in [2.05, 4.69) is 23.9 Å². The minimum atomic E-state index is -0.944. The summed E-state index contributed by atoms with van der Waals surface area (Å²) in [6, 6.07) is 0.267. The van der Waals surface area contributed by atoms with E-state index in [1.807, 2.05) is 0 Å². The van der Waals surface area contributed by atoms with Gasteiger partial charge in [0.15, 0.2) is 6.61 Å². The minimum Gasteiger partial charge on any atom is -0.479 e. The Bertz CT molecular complexity index is 221. The highest BCUT2D eigenvalue weighted by atomic mass is 16.7. The number of rotatable bonds is 5. The van der Waals surface area contributed by atoms with Crippen LogP contribution in [0.25, 0.3) is 0 Å². The third-order valence-electron chi connectivity index (χ3n) is 2.40. The fraction of sp³-hybridized carbons (Fsp3) is 0.800. The standard InChI is InChI=1S/C9H18N2O3.CHN/c1-2-11-5-3-4-8(6-11)10-14-7-9(12)13;1-2/h8,10H,2-7H2,1H3,(H,12,13);1H. The monoisotopic (exact) mass is 229 g/mol. The number of hydrogen-bond donors (Lipinski definition) is 2. The molecule has 2 N–H and O–H groups in total. The van der Waals surface area contributed by atoms with Gasteiger partial charge in [0.2, 0.25) is 0 Å². The summed E-state index contributed by atoms with van der Waals surface area (Å²) < 4.78 is 0. The van der Waals surface area contributed by atoms with Crippen molar-refractivity contribution in [1.29, 1.82) is 5.26 Å². The maximum Gasteiger partial charge on any atom is 0.331 e. The number of likely N-dealkylation sites (N-methyl/N-ethyl adjacent to an activating group) is 1. The number of likely N-dealkylation sites (tertiary alicyclic amines) is 1. The smallest absolute Gasteiger partial charge is 0.331 e. The minimum absolute atomic E-state index is 0.267. The summed E-state index contributed by atoms with van der Waals surface area (Å²) in [7, 11) is 0. The lowest BCUT2D eigenvalue weighted by Crippen LogP contribution is -2.45. The van der Waals surface area contributed by atoms with Gasteiger partial charge in [0.1, 0.15) is 0 Å². The fourth-order valence-electron chi connectivity index (χ4n) is 1.66. The lowest BCUT2D eigenvalue weighted by molar-refractivity contribution is -0.146. The van der Waals surface area contributed by atoms with Gasteiger partial charge in [0.25, 0.3) is 0 Å². The van der Waals surface area contributed by atoms with Crippen LogP contribution < -0.4 is 5.48 Å². The lowest BCUT2D eigenvalue weighted by Gasteiger charge is -2.31. The molecule has 1 saturated heterocycles. The van der Waals surface area contributed by atoms with Crippen LogP contribution in [-0.2, 0) is 9.63 Å². The molecule has 1 fully saturated rings. The van der Waals surface area contributed by atoms with Gasteiger partial charge < -0.3 is 10.0 Å². The zero-order valence-corrected chi connectivity index (χ0v) is 9.56. The Hall–Kier alpha value is -1.16. The molecule has 0 spiro atoms. The zero-order valence-electron chi connectivity index (χ0n) is 9.56. The number of aliphatic carboxylic acids is 1. The molecule has 1 aliphatic rings. The van der Waals surface area contributed by atoms with Crippen molar-refractivity contribution < 1.29 is 14.7 Å². The van der Waals surface area contributed by atoms with Crippen molar-refractivity contribution in [3.05, 3.63) is 0 Å². The number of nitrogens with zero attached hydrogens (tertiary/aromatic N) is 2. The first-order chi connectivity index (χ1) is 7.72. The van der Waals surface area contributed by atoms with E-state index < -0.39 is 5.97 Å². The van der Waals surface area contributed by atoms with Crippen molar-refractivity contribution in [2.45, 2.75) is 25.8 Å². The molecule has 0 aromatic heterocycles. The molecular formula is C10H19N3O3. The van der Waals surface area contributed by atoms with Crippen molar-refractivity contribution in [3.8, 4) is 6.57 Å². The van der Waals surface area contributed by atoms with Crippen LogP contribution in [0, 0.1) is 11.8 Å². The molecule has 0 aromatic rings. The molecule has 92 valence electrons. The maximum atomic E-state index is 10.2. The zero-order chi connectivity index (χ0) is 12.4. The van der Waals surface area contributed by atoms with E-state index in [1.54, 1.807) is 0 Å². The van der Waals surface area contributed by atoms with E-state index in [9.17, 15) is 4.79 Å². The lowest BCUT2D eigenvalue weighted by atomic mass is 10.1. The van der Waals surface area contributed by atoms with E-state index in [0.29, 0.717) is 0 Å². The number of piperidine rings is 1. The second kappa shape index (κ2) is 9.09. The number of hydrogen-bond acceptors (Lipinski definition) is 5. The van der Waals surface area contributed by atoms with Crippen molar-refractivity contribution in [2.75, 3.05) is 26.2 Å². The molecule has 1 heterocycles. The number of carboxylic acid groups (broad SMARTS) is 1. The van der Waals surface area contributed by atoms with Gasteiger partial charge in [-0.05, 0) is 25.9 Å². The van der Waals surface area contributed by atoms with Crippen LogP contribution in [0.3, 0.4) is 0 Å². The van der Waals surface area contributed by atoms with Crippen LogP contribution in [-0.4, -0.2) is 48.3 Å². The van der Waals surface area contributed by atoms with Crippen molar-refractivity contribution >= 4 is 5.97 Å². The number of hydroxylamine groups is 1. The molecule has 1 aliphatic heterocycles. The van der Waals surface area contributed by atoms with Crippen LogP contribution in [0.15, 0.2) is 0 Å². The average molecular weight is 229 g/mol. The Morgan fingerprint density at radius 1 is 1.69 bits per heavy atom. The quantitative estimate of drug-likeness (QED) is 0.656. The predicted molar refractivity (Wildman–Crippen MR) is 58.5 cm³/mol. The summed E-state index contributed by atoms with van der Waals surface area (Å²) in [4.78, 5) is 17.4. The van der Waals surface area contributed by atoms with Crippen molar-refractivity contribution in [2.24, 2.45) is 0 Å². The summed E-state index contributed by atoms with van der Waals surface area (Å²) in [5, 5.41) is 14.9. The van der Waals surface area contributed by atoms with Gasteiger partial charge >= 0.3 is 5.97 Å². The first-order valence-corrected chi connectivity index (χ1v) is 5.29. The second-order valence-corrected chi connectivity index (χ2v) is 3.53. The molecule has 1 unspecified atom stereocenters. The van der Waals surface area contributed by atoms with E-state index in [0.717, 1.165) is 32.5 Å². The third-order valence-corrected chi connectivity index (χ3v) is 2.40. The van der Waals surface area contributed by atoms with E-state index in [-0.39, 0.29) is 12.6 Å². The van der Waals surface area contributed by atoms with Crippen molar-refractivity contribution in [3.63, 3.8) is 0 Å². The van der Waals surface area contributed by atoms with Crippen LogP contribution in [0.2, 0.25) is 0 Å². The Balaban J connectivity index is 0.00000106. The van der Waals surface area contributed by atoms with Gasteiger partial charge in [0, 0.05) is 19.2 Å². The Morgan fingerprint density at radius 3 is 2.94 bits per heavy atom. The van der Waals surface area contributed by atoms with E-state index in [4.69, 9.17) is 15.2 Å². The fourth-order valence-corrected chi connectivity index (χ4v) is 1.66. The highest BCUT2D eigenvalue weighted by molar-refractivity contribution is 5.67. The molecule has 6 heteroatoms. The van der Waals surface area contributed by atoms with Crippen LogP contribution in [0.4, 0.5) is 0 Å². The third kappa shape index (κ3) is 6.35. The summed E-state index contributed by atoms with van der Waals surface area (Å²) in [6.45, 7) is 8.46. The molecule has 0 radical (unpaired) electrons. The molecular weight excluding hydrogens is 210 g/mol. The van der Waals surface area contributed by atoms with Crippen molar-refractivity contribution in [1.82, 2.24) is 10.4 Å². The number of carboxylic acids is 1. The normalized spacial score (nSPS) is 20.8. The molecule has 0 saturated carbocycles. The molecule has 1 rings (SSSR count). The molecule has 0 aromatic carbocycles. The predicted octanol–water partition coefficient (Wildman–Crippen LogP) is 0.216. The Labute approximate surface area is 95.7 Å². The first kappa shape index (κ1) is 14.8. The summed E-state index contributed by atoms with van der Waals surface area (Å²) in [5.74, 6) is -0.944. The van der Waals surface area contributed by atoms with Gasteiger partial charge in [-0.15, -0.1) is 0 Å². The van der Waals surface area contributed by atoms with E-state index in [1.165, 1.54) is 0 Å². The molecule has 0 bridgehead atoms. The van der Waals surface area contributed by atoms with Crippen LogP contribution >= 0.6 is 0 Å². The molecule has 16 heavy (non-hydrogen) atoms. The highest BCUT2D eigenvalue weighted by Gasteiger charge is 2.18.